The smallest absolute Gasteiger partial charge is 0.0907 e. The Morgan fingerprint density at radius 2 is 0.714 bits per heavy atom. The van der Waals surface area contributed by atoms with Crippen molar-refractivity contribution in [3.63, 3.8) is 0 Å². The lowest BCUT2D eigenvalue weighted by Gasteiger charge is -1.86. The predicted octanol–water partition coefficient (Wildman–Crippen LogP) is 7.05. The van der Waals surface area contributed by atoms with Crippen molar-refractivity contribution in [1.29, 1.82) is 0 Å². The molecule has 0 amide bonds. The number of hydrogen-bond donors (Lipinski definition) is 0. The van der Waals surface area contributed by atoms with Crippen molar-refractivity contribution in [2.45, 2.75) is 27.7 Å². The maximum absolute atomic E-state index is 4.47. The highest BCUT2D eigenvalue weighted by Gasteiger charge is 2.06. The van der Waals surface area contributed by atoms with E-state index >= 15 is 0 Å². The highest BCUT2D eigenvalue weighted by molar-refractivity contribution is 7.21. The molecule has 4 aromatic heterocycles. The molecule has 2 aromatic carbocycles. The first-order valence-electron chi connectivity index (χ1n) is 8.73. The zero-order chi connectivity index (χ0) is 19.4. The molecular weight excluding hydrogens is 425 g/mol. The van der Waals surface area contributed by atoms with E-state index in [1.165, 1.54) is 18.8 Å². The summed E-state index contributed by atoms with van der Waals surface area (Å²) in [6, 6.07) is 8.55. The minimum Gasteiger partial charge on any atom is -0.241 e. The number of nitrogens with zero attached hydrogens (tertiary/aromatic N) is 4. The summed E-state index contributed by atoms with van der Waals surface area (Å²) in [5.74, 6) is 0. The van der Waals surface area contributed by atoms with E-state index in [2.05, 4.69) is 44.2 Å². The Bertz CT molecular complexity index is 1150. The molecule has 0 atom stereocenters. The van der Waals surface area contributed by atoms with Gasteiger partial charge in [-0.1, -0.05) is 0 Å². The molecule has 0 aliphatic carbocycles. The molecule has 28 heavy (non-hydrogen) atoms. The molecule has 0 fully saturated rings. The summed E-state index contributed by atoms with van der Waals surface area (Å²) in [5, 5.41) is 4.48. The van der Waals surface area contributed by atoms with Crippen molar-refractivity contribution in [2.75, 3.05) is 0 Å². The molecule has 0 bridgehead atoms. The van der Waals surface area contributed by atoms with E-state index < -0.39 is 0 Å². The van der Waals surface area contributed by atoms with E-state index in [9.17, 15) is 0 Å². The van der Waals surface area contributed by atoms with Gasteiger partial charge in [-0.05, 0) is 52.0 Å². The van der Waals surface area contributed by atoms with Crippen LogP contribution < -0.4 is 0 Å². The van der Waals surface area contributed by atoms with Gasteiger partial charge in [-0.2, -0.15) is 0 Å². The van der Waals surface area contributed by atoms with Gasteiger partial charge < -0.3 is 0 Å². The van der Waals surface area contributed by atoms with Gasteiger partial charge in [0.25, 0.3) is 0 Å². The van der Waals surface area contributed by atoms with Crippen molar-refractivity contribution in [3.05, 3.63) is 44.3 Å². The van der Waals surface area contributed by atoms with Crippen LogP contribution in [-0.2, 0) is 0 Å². The number of thiazole rings is 4. The molecular formula is C20H16N4S4. The second kappa shape index (κ2) is 6.81. The Kier molecular flexibility index (Phi) is 4.39. The average molecular weight is 441 g/mol. The first kappa shape index (κ1) is 18.1. The van der Waals surface area contributed by atoms with Gasteiger partial charge in [0.1, 0.15) is 0 Å². The van der Waals surface area contributed by atoms with Crippen LogP contribution in [0.2, 0.25) is 0 Å². The summed E-state index contributed by atoms with van der Waals surface area (Å²) < 4.78 is 5.00. The monoisotopic (exact) mass is 440 g/mol. The quantitative estimate of drug-likeness (QED) is 0.254. The van der Waals surface area contributed by atoms with Crippen molar-refractivity contribution >= 4 is 86.2 Å². The van der Waals surface area contributed by atoms with Gasteiger partial charge >= 0.3 is 0 Å². The van der Waals surface area contributed by atoms with Gasteiger partial charge in [-0.3, -0.25) is 0 Å². The highest BCUT2D eigenvalue weighted by atomic mass is 32.1. The number of aryl methyl sites for hydroxylation is 4. The highest BCUT2D eigenvalue weighted by Crippen LogP contribution is 2.31. The molecule has 0 saturated heterocycles. The summed E-state index contributed by atoms with van der Waals surface area (Å²) in [4.78, 5) is 17.9. The van der Waals surface area contributed by atoms with Gasteiger partial charge in [-0.25, -0.2) is 19.9 Å². The molecule has 6 aromatic rings. The lowest BCUT2D eigenvalue weighted by atomic mass is 10.3. The van der Waals surface area contributed by atoms with Gasteiger partial charge in [0, 0.05) is 0 Å². The maximum Gasteiger partial charge on any atom is 0.0907 e. The summed E-state index contributed by atoms with van der Waals surface area (Å²) in [6.07, 6.45) is 0. The normalized spacial score (nSPS) is 11.6. The Labute approximate surface area is 177 Å². The molecule has 0 unspecified atom stereocenters. The van der Waals surface area contributed by atoms with Crippen LogP contribution in [0.3, 0.4) is 0 Å². The van der Waals surface area contributed by atoms with E-state index in [4.69, 9.17) is 0 Å². The summed E-state index contributed by atoms with van der Waals surface area (Å²) >= 11 is 6.95. The average Bonchev–Trinajstić information content (AvgIpc) is 3.33. The number of hydrogen-bond acceptors (Lipinski definition) is 8. The van der Waals surface area contributed by atoms with Crippen molar-refractivity contribution in [1.82, 2.24) is 19.9 Å². The third-order valence-corrected chi connectivity index (χ3v) is 7.96. The Balaban J connectivity index is 0.000000122. The second-order valence-corrected chi connectivity index (χ2v) is 11.4. The van der Waals surface area contributed by atoms with E-state index in [0.29, 0.717) is 0 Å². The Morgan fingerprint density at radius 3 is 1.07 bits per heavy atom. The SMILES string of the molecule is Cc1nc2cc3nc(C)sc3cc2s1.Cc1nc2cc3sc(C)nc3cc2s1. The fourth-order valence-corrected chi connectivity index (χ4v) is 6.61. The zero-order valence-electron chi connectivity index (χ0n) is 15.7. The third kappa shape index (κ3) is 3.30. The molecule has 8 heteroatoms. The zero-order valence-corrected chi connectivity index (χ0v) is 19.0. The molecule has 140 valence electrons. The third-order valence-electron chi connectivity index (χ3n) is 4.22. The molecule has 0 saturated carbocycles. The van der Waals surface area contributed by atoms with E-state index in [-0.39, 0.29) is 0 Å². The maximum atomic E-state index is 4.47. The first-order chi connectivity index (χ1) is 13.4. The standard InChI is InChI=1S/2C10H8N2S2/c1-5-11-7-3-10-8(4-9(7)13-5)12-6(2)14-10;1-5-11-7-3-8-10(4-9(7)13-5)14-6(2)12-8/h2*3-4H,1-2H3. The molecule has 0 aliphatic rings. The van der Waals surface area contributed by atoms with Crippen molar-refractivity contribution in [3.8, 4) is 0 Å². The number of fused-ring (bicyclic) bond motifs is 4. The van der Waals surface area contributed by atoms with Crippen LogP contribution in [0.5, 0.6) is 0 Å². The second-order valence-electron chi connectivity index (χ2n) is 6.51. The number of aromatic nitrogens is 4. The summed E-state index contributed by atoms with van der Waals surface area (Å²) in [7, 11) is 0. The van der Waals surface area contributed by atoms with Crippen molar-refractivity contribution < 1.29 is 0 Å². The van der Waals surface area contributed by atoms with Crippen LogP contribution in [0, 0.1) is 27.7 Å². The van der Waals surface area contributed by atoms with E-state index in [1.54, 1.807) is 45.3 Å². The minimum atomic E-state index is 1.07. The summed E-state index contributed by atoms with van der Waals surface area (Å²) in [5.41, 5.74) is 4.35. The molecule has 4 heterocycles. The van der Waals surface area contributed by atoms with Crippen LogP contribution >= 0.6 is 45.3 Å². The number of benzene rings is 2. The molecule has 6 rings (SSSR count). The largest absolute Gasteiger partial charge is 0.241 e. The first-order valence-corrected chi connectivity index (χ1v) is 12.0. The fraction of sp³-hybridized carbons (Fsp3) is 0.200. The molecule has 4 nitrogen and oxygen atoms in total. The Hall–Kier alpha value is -2.00. The molecule has 0 aliphatic heterocycles. The lowest BCUT2D eigenvalue weighted by Crippen LogP contribution is -1.71. The lowest BCUT2D eigenvalue weighted by molar-refractivity contribution is 1.33. The van der Waals surface area contributed by atoms with Crippen LogP contribution in [0.1, 0.15) is 20.0 Å². The molecule has 0 N–H and O–H groups in total. The van der Waals surface area contributed by atoms with Crippen molar-refractivity contribution in [2.24, 2.45) is 0 Å². The van der Waals surface area contributed by atoms with Crippen LogP contribution in [0.4, 0.5) is 0 Å². The van der Waals surface area contributed by atoms with Gasteiger partial charge in [0.15, 0.2) is 0 Å². The fourth-order valence-electron chi connectivity index (χ4n) is 3.16. The van der Waals surface area contributed by atoms with Gasteiger partial charge in [-0.15, -0.1) is 45.3 Å². The van der Waals surface area contributed by atoms with E-state index in [1.807, 2.05) is 27.7 Å². The summed E-state index contributed by atoms with van der Waals surface area (Å²) in [6.45, 7) is 8.16. The van der Waals surface area contributed by atoms with Crippen LogP contribution in [0.15, 0.2) is 24.3 Å². The molecule has 0 radical (unpaired) electrons. The van der Waals surface area contributed by atoms with Crippen LogP contribution in [0.25, 0.3) is 40.9 Å². The van der Waals surface area contributed by atoms with Gasteiger partial charge in [0.05, 0.1) is 60.9 Å². The van der Waals surface area contributed by atoms with Gasteiger partial charge in [0.2, 0.25) is 0 Å². The number of rotatable bonds is 0. The van der Waals surface area contributed by atoms with E-state index in [0.717, 1.165) is 42.1 Å². The molecule has 0 spiro atoms. The predicted molar refractivity (Wildman–Crippen MR) is 125 cm³/mol. The Morgan fingerprint density at radius 1 is 0.429 bits per heavy atom. The topological polar surface area (TPSA) is 51.6 Å². The van der Waals surface area contributed by atoms with Crippen LogP contribution in [-0.4, -0.2) is 19.9 Å². The minimum absolute atomic E-state index is 1.07.